The van der Waals surface area contributed by atoms with Gasteiger partial charge >= 0.3 is 0 Å². The van der Waals surface area contributed by atoms with E-state index in [1.54, 1.807) is 0 Å². The molecular weight excluding hydrogens is 288 g/mol. The Bertz CT molecular complexity index is 564. The van der Waals surface area contributed by atoms with Gasteiger partial charge in [-0.15, -0.1) is 0 Å². The van der Waals surface area contributed by atoms with Gasteiger partial charge in [-0.3, -0.25) is 4.98 Å². The maximum atomic E-state index is 4.76. The predicted octanol–water partition coefficient (Wildman–Crippen LogP) is 4.69. The van der Waals surface area contributed by atoms with Crippen molar-refractivity contribution in [2.45, 2.75) is 33.6 Å². The summed E-state index contributed by atoms with van der Waals surface area (Å²) in [5.74, 6) is 0. The lowest BCUT2D eigenvalue weighted by Crippen LogP contribution is -2.01. The molecule has 1 N–H and O–H groups in total. The van der Waals surface area contributed by atoms with Crippen molar-refractivity contribution in [2.24, 2.45) is 0 Å². The number of fused-ring (bicyclic) bond motifs is 1. The lowest BCUT2D eigenvalue weighted by Gasteiger charge is -2.12. The number of aryl methyl sites for hydroxylation is 2. The van der Waals surface area contributed by atoms with Gasteiger partial charge in [-0.05, 0) is 60.0 Å². The number of anilines is 1. The summed E-state index contributed by atoms with van der Waals surface area (Å²) in [6.45, 7) is 7.34. The van der Waals surface area contributed by atoms with Crippen LogP contribution in [-0.4, -0.2) is 11.5 Å². The van der Waals surface area contributed by atoms with Gasteiger partial charge in [-0.25, -0.2) is 0 Å². The summed E-state index contributed by atoms with van der Waals surface area (Å²) in [6, 6.07) is 6.50. The van der Waals surface area contributed by atoms with Crippen LogP contribution < -0.4 is 5.32 Å². The minimum atomic E-state index is 0.927. The van der Waals surface area contributed by atoms with E-state index in [2.05, 4.69) is 60.2 Å². The number of benzene rings is 1. The van der Waals surface area contributed by atoms with Crippen molar-refractivity contribution in [3.8, 4) is 0 Å². The van der Waals surface area contributed by atoms with E-state index in [0.29, 0.717) is 0 Å². The number of halogens is 1. The molecule has 3 heteroatoms. The van der Waals surface area contributed by atoms with Crippen LogP contribution in [0.25, 0.3) is 10.9 Å². The minimum Gasteiger partial charge on any atom is -0.385 e. The van der Waals surface area contributed by atoms with Gasteiger partial charge in [-0.1, -0.05) is 13.3 Å². The van der Waals surface area contributed by atoms with E-state index >= 15 is 0 Å². The van der Waals surface area contributed by atoms with E-state index in [9.17, 15) is 0 Å². The summed E-state index contributed by atoms with van der Waals surface area (Å²) in [6.07, 6.45) is 2.14. The molecule has 0 saturated carbocycles. The van der Waals surface area contributed by atoms with Crippen LogP contribution in [0.15, 0.2) is 22.7 Å². The van der Waals surface area contributed by atoms with Crippen LogP contribution in [0.5, 0.6) is 0 Å². The van der Waals surface area contributed by atoms with Gasteiger partial charge in [0.1, 0.15) is 0 Å². The van der Waals surface area contributed by atoms with Crippen molar-refractivity contribution in [1.82, 2.24) is 4.98 Å². The Hall–Kier alpha value is -1.09. The first kappa shape index (κ1) is 13.3. The van der Waals surface area contributed by atoms with Gasteiger partial charge in [0.25, 0.3) is 0 Å². The molecule has 1 aromatic carbocycles. The van der Waals surface area contributed by atoms with Crippen molar-refractivity contribution in [2.75, 3.05) is 11.9 Å². The molecule has 0 aliphatic heterocycles. The number of nitrogens with zero attached hydrogens (tertiary/aromatic N) is 1. The quantitative estimate of drug-likeness (QED) is 0.886. The molecule has 1 heterocycles. The van der Waals surface area contributed by atoms with Crippen LogP contribution in [0.1, 0.15) is 31.5 Å². The first-order valence-corrected chi connectivity index (χ1v) is 7.28. The molecule has 0 aliphatic carbocycles. The Labute approximate surface area is 117 Å². The third-order valence-corrected chi connectivity index (χ3v) is 3.54. The maximum Gasteiger partial charge on any atom is 0.0868 e. The first-order valence-electron chi connectivity index (χ1n) is 6.49. The Kier molecular flexibility index (Phi) is 4.23. The van der Waals surface area contributed by atoms with Crippen LogP contribution in [0, 0.1) is 6.92 Å². The second-order valence-electron chi connectivity index (χ2n) is 4.58. The van der Waals surface area contributed by atoms with Crippen LogP contribution in [0.4, 0.5) is 5.69 Å². The monoisotopic (exact) mass is 306 g/mol. The summed E-state index contributed by atoms with van der Waals surface area (Å²) in [5.41, 5.74) is 4.65. The van der Waals surface area contributed by atoms with Gasteiger partial charge in [0, 0.05) is 27.8 Å². The molecule has 0 fully saturated rings. The average Bonchev–Trinajstić information content (AvgIpc) is 2.31. The maximum absolute atomic E-state index is 4.76. The van der Waals surface area contributed by atoms with Crippen molar-refractivity contribution < 1.29 is 0 Å². The van der Waals surface area contributed by atoms with Crippen molar-refractivity contribution in [3.05, 3.63) is 33.9 Å². The number of pyridine rings is 1. The average molecular weight is 307 g/mol. The summed E-state index contributed by atoms with van der Waals surface area (Å²) >= 11 is 3.63. The molecule has 18 heavy (non-hydrogen) atoms. The highest BCUT2D eigenvalue weighted by Crippen LogP contribution is 2.30. The molecule has 0 spiro atoms. The molecule has 1 aromatic heterocycles. The normalized spacial score (nSPS) is 10.9. The van der Waals surface area contributed by atoms with Gasteiger partial charge < -0.3 is 5.32 Å². The fraction of sp³-hybridized carbons (Fsp3) is 0.400. The van der Waals surface area contributed by atoms with E-state index in [1.165, 1.54) is 16.6 Å². The first-order chi connectivity index (χ1) is 8.65. The van der Waals surface area contributed by atoms with Crippen LogP contribution in [0.3, 0.4) is 0 Å². The lowest BCUT2D eigenvalue weighted by molar-refractivity contribution is 0.889. The molecule has 0 aliphatic rings. The Morgan fingerprint density at radius 3 is 2.67 bits per heavy atom. The van der Waals surface area contributed by atoms with Crippen LogP contribution in [-0.2, 0) is 6.42 Å². The van der Waals surface area contributed by atoms with Crippen molar-refractivity contribution >= 4 is 32.5 Å². The largest absolute Gasteiger partial charge is 0.385 e. The van der Waals surface area contributed by atoms with Crippen LogP contribution in [0.2, 0.25) is 0 Å². The number of rotatable bonds is 4. The summed E-state index contributed by atoms with van der Waals surface area (Å²) < 4.78 is 1.08. The zero-order valence-corrected chi connectivity index (χ0v) is 12.8. The second kappa shape index (κ2) is 5.70. The number of nitrogens with one attached hydrogen (secondary N) is 1. The Morgan fingerprint density at radius 1 is 1.22 bits per heavy atom. The lowest BCUT2D eigenvalue weighted by atomic mass is 10.1. The van der Waals surface area contributed by atoms with E-state index in [4.69, 9.17) is 4.98 Å². The van der Waals surface area contributed by atoms with Crippen LogP contribution >= 0.6 is 15.9 Å². The molecule has 0 saturated heterocycles. The number of aromatic nitrogens is 1. The molecule has 96 valence electrons. The fourth-order valence-electron chi connectivity index (χ4n) is 2.19. The SMILES string of the molecule is CCCc1cc(NCC)c2cc(C)cc(Br)c2n1. The molecular formula is C15H19BrN2. The van der Waals surface area contributed by atoms with Crippen molar-refractivity contribution in [3.63, 3.8) is 0 Å². The predicted molar refractivity (Wildman–Crippen MR) is 82.3 cm³/mol. The van der Waals surface area contributed by atoms with Gasteiger partial charge in [0.05, 0.1) is 5.52 Å². The standard InChI is InChI=1S/C15H19BrN2/c1-4-6-11-9-14(17-5-2)12-7-10(3)8-13(16)15(12)18-11/h7-9H,4-6H2,1-3H3,(H,17,18). The summed E-state index contributed by atoms with van der Waals surface area (Å²) in [5, 5.41) is 4.64. The van der Waals surface area contributed by atoms with E-state index in [1.807, 2.05) is 0 Å². The summed E-state index contributed by atoms with van der Waals surface area (Å²) in [7, 11) is 0. The molecule has 0 atom stereocenters. The zero-order valence-electron chi connectivity index (χ0n) is 11.2. The highest BCUT2D eigenvalue weighted by molar-refractivity contribution is 9.10. The third-order valence-electron chi connectivity index (χ3n) is 2.94. The minimum absolute atomic E-state index is 0.927. The molecule has 0 amide bonds. The third kappa shape index (κ3) is 2.66. The summed E-state index contributed by atoms with van der Waals surface area (Å²) in [4.78, 5) is 4.76. The second-order valence-corrected chi connectivity index (χ2v) is 5.44. The van der Waals surface area contributed by atoms with E-state index in [-0.39, 0.29) is 0 Å². The molecule has 2 aromatic rings. The fourth-order valence-corrected chi connectivity index (χ4v) is 2.86. The molecule has 0 radical (unpaired) electrons. The smallest absolute Gasteiger partial charge is 0.0868 e. The van der Waals surface area contributed by atoms with Gasteiger partial charge in [-0.2, -0.15) is 0 Å². The molecule has 0 bridgehead atoms. The number of hydrogen-bond donors (Lipinski definition) is 1. The van der Waals surface area contributed by atoms with Crippen molar-refractivity contribution in [1.29, 1.82) is 0 Å². The van der Waals surface area contributed by atoms with E-state index < -0.39 is 0 Å². The topological polar surface area (TPSA) is 24.9 Å². The molecule has 2 nitrogen and oxygen atoms in total. The Balaban J connectivity index is 2.68. The van der Waals surface area contributed by atoms with Gasteiger partial charge in [0.15, 0.2) is 0 Å². The highest BCUT2D eigenvalue weighted by atomic mass is 79.9. The zero-order chi connectivity index (χ0) is 13.1. The number of hydrogen-bond acceptors (Lipinski definition) is 2. The van der Waals surface area contributed by atoms with E-state index in [0.717, 1.165) is 35.1 Å². The Morgan fingerprint density at radius 2 is 2.00 bits per heavy atom. The highest BCUT2D eigenvalue weighted by Gasteiger charge is 2.08. The van der Waals surface area contributed by atoms with Gasteiger partial charge in [0.2, 0.25) is 0 Å². The molecule has 0 unspecified atom stereocenters. The molecule has 2 rings (SSSR count).